The van der Waals surface area contributed by atoms with Crippen molar-refractivity contribution in [1.82, 2.24) is 4.90 Å². The quantitative estimate of drug-likeness (QED) is 0.123. The van der Waals surface area contributed by atoms with Crippen LogP contribution in [0.3, 0.4) is 0 Å². The summed E-state index contributed by atoms with van der Waals surface area (Å²) in [6.07, 6.45) is 4.65. The Balaban J connectivity index is 1.10. The van der Waals surface area contributed by atoms with Crippen molar-refractivity contribution in [2.45, 2.75) is 78.7 Å². The zero-order chi connectivity index (χ0) is 42.0. The molecule has 1 aliphatic heterocycles. The van der Waals surface area contributed by atoms with Gasteiger partial charge in [0.25, 0.3) is 23.6 Å². The van der Waals surface area contributed by atoms with E-state index in [4.69, 9.17) is 18.9 Å². The molecule has 3 aromatic rings. The number of hydrogen-bond acceptors (Lipinski definition) is 14. The number of methoxy groups -OCH3 is 2. The van der Waals surface area contributed by atoms with Crippen molar-refractivity contribution < 1.29 is 57.3 Å². The minimum Gasteiger partial charge on any atom is -0.465 e. The molecule has 58 heavy (non-hydrogen) atoms. The molecule has 3 aliphatic rings. The van der Waals surface area contributed by atoms with Crippen LogP contribution < -0.4 is 10.6 Å². The van der Waals surface area contributed by atoms with Gasteiger partial charge in [-0.05, 0) is 92.0 Å². The smallest absolute Gasteiger partial charge is 0.341 e. The number of hydrogen-bond donors (Lipinski definition) is 2. The Kier molecular flexibility index (Phi) is 12.8. The Morgan fingerprint density at radius 1 is 0.741 bits per heavy atom. The molecule has 6 rings (SSSR count). The fourth-order valence-corrected chi connectivity index (χ4v) is 10.3. The summed E-state index contributed by atoms with van der Waals surface area (Å²) in [4.78, 5) is 108. The third kappa shape index (κ3) is 8.70. The highest BCUT2D eigenvalue weighted by atomic mass is 32.1. The van der Waals surface area contributed by atoms with E-state index in [1.165, 1.54) is 49.0 Å². The number of imide groups is 1. The SMILES string of the molecule is COC(=O)c1c(NC(=O)COC(=O)[C@@H](CC(C)C)N2C(=O)c3ccc(C(=O)OCC(=O)Nc4sc5c(c4C(=O)OC)CC[C@H](C)C5)cc3C2=O)sc2c1CC[C@@H](C)C2. The number of ether oxygens (including phenoxy) is 4. The Hall–Kier alpha value is -5.42. The molecule has 0 unspecified atom stereocenters. The van der Waals surface area contributed by atoms with Crippen LogP contribution in [-0.2, 0) is 59.0 Å². The lowest BCUT2D eigenvalue weighted by molar-refractivity contribution is -0.151. The van der Waals surface area contributed by atoms with Gasteiger partial charge in [-0.25, -0.2) is 19.2 Å². The number of nitrogens with zero attached hydrogens (tertiary/aromatic N) is 1. The maximum absolute atomic E-state index is 13.7. The summed E-state index contributed by atoms with van der Waals surface area (Å²) in [6.45, 7) is 6.33. The third-order valence-electron chi connectivity index (χ3n) is 10.4. The van der Waals surface area contributed by atoms with Crippen LogP contribution in [0, 0.1) is 17.8 Å². The Morgan fingerprint density at radius 3 is 1.74 bits per heavy atom. The summed E-state index contributed by atoms with van der Waals surface area (Å²) in [5.74, 6) is -5.52. The highest BCUT2D eigenvalue weighted by Crippen LogP contribution is 2.41. The summed E-state index contributed by atoms with van der Waals surface area (Å²) >= 11 is 2.56. The zero-order valence-corrected chi connectivity index (χ0v) is 34.7. The molecule has 0 fully saturated rings. The van der Waals surface area contributed by atoms with E-state index in [2.05, 4.69) is 24.5 Å². The van der Waals surface area contributed by atoms with Crippen molar-refractivity contribution in [3.05, 3.63) is 66.9 Å². The second kappa shape index (κ2) is 17.6. The molecule has 2 N–H and O–H groups in total. The number of fused-ring (bicyclic) bond motifs is 3. The van der Waals surface area contributed by atoms with E-state index in [1.54, 1.807) is 13.8 Å². The standard InChI is InChI=1S/C41H45N3O12S2/c1-19(2)13-27(39(50)56-18-31(46)43-35-33(41(52)54-6)25-11-8-21(4)15-29(25)58-35)44-36(47)23-12-9-22(16-26(23)37(44)48)38(49)55-17-30(45)42-34-32(40(51)53-5)24-10-7-20(3)14-28(24)57-34/h9,12,16,19-21,27H,7-8,10-11,13-15,17-18H2,1-6H3,(H,42,45)(H,43,46)/t20-,21+,27+/m0/s1. The topological polar surface area (TPSA) is 201 Å². The average molecular weight is 836 g/mol. The first kappa shape index (κ1) is 42.2. The number of carbonyl (C=O) groups is 8. The minimum atomic E-state index is -1.40. The van der Waals surface area contributed by atoms with Gasteiger partial charge < -0.3 is 29.6 Å². The van der Waals surface area contributed by atoms with Crippen molar-refractivity contribution in [2.75, 3.05) is 38.1 Å². The number of thiophene rings is 2. The molecule has 0 saturated carbocycles. The molecule has 0 bridgehead atoms. The van der Waals surface area contributed by atoms with Crippen LogP contribution in [0.5, 0.6) is 0 Å². The van der Waals surface area contributed by atoms with Gasteiger partial charge >= 0.3 is 23.9 Å². The van der Waals surface area contributed by atoms with Crippen molar-refractivity contribution >= 4 is 80.2 Å². The Labute approximate surface area is 342 Å². The van der Waals surface area contributed by atoms with E-state index >= 15 is 0 Å². The van der Waals surface area contributed by atoms with Gasteiger partial charge in [0.15, 0.2) is 13.2 Å². The Bertz CT molecular complexity index is 2200. The van der Waals surface area contributed by atoms with Gasteiger partial charge in [0.2, 0.25) is 0 Å². The minimum absolute atomic E-state index is 0.0161. The second-order valence-electron chi connectivity index (χ2n) is 15.3. The first-order valence-corrected chi connectivity index (χ1v) is 20.7. The molecule has 17 heteroatoms. The highest BCUT2D eigenvalue weighted by Gasteiger charge is 2.44. The molecule has 3 heterocycles. The molecule has 0 saturated heterocycles. The zero-order valence-electron chi connectivity index (χ0n) is 33.1. The van der Waals surface area contributed by atoms with Crippen LogP contribution in [0.2, 0.25) is 0 Å². The number of amides is 4. The third-order valence-corrected chi connectivity index (χ3v) is 12.8. The summed E-state index contributed by atoms with van der Waals surface area (Å²) in [5, 5.41) is 5.94. The molecule has 4 amide bonds. The molecule has 1 aromatic carbocycles. The number of carbonyl (C=O) groups excluding carboxylic acids is 8. The summed E-state index contributed by atoms with van der Waals surface area (Å²) in [7, 11) is 2.52. The molecule has 2 aliphatic carbocycles. The van der Waals surface area contributed by atoms with Crippen LogP contribution >= 0.6 is 22.7 Å². The lowest BCUT2D eigenvalue weighted by Gasteiger charge is -2.25. The molecule has 0 radical (unpaired) electrons. The molecular formula is C41H45N3O12S2. The van der Waals surface area contributed by atoms with E-state index in [9.17, 15) is 38.4 Å². The molecule has 308 valence electrons. The lowest BCUT2D eigenvalue weighted by atomic mass is 9.88. The van der Waals surface area contributed by atoms with Gasteiger partial charge in [-0.1, -0.05) is 27.7 Å². The predicted molar refractivity (Wildman–Crippen MR) is 212 cm³/mol. The summed E-state index contributed by atoms with van der Waals surface area (Å²) in [6, 6.07) is 2.29. The van der Waals surface area contributed by atoms with Gasteiger partial charge in [-0.15, -0.1) is 22.7 Å². The first-order chi connectivity index (χ1) is 27.6. The van der Waals surface area contributed by atoms with E-state index in [-0.39, 0.29) is 34.6 Å². The highest BCUT2D eigenvalue weighted by molar-refractivity contribution is 7.17. The van der Waals surface area contributed by atoms with E-state index < -0.39 is 66.8 Å². The summed E-state index contributed by atoms with van der Waals surface area (Å²) in [5.41, 5.74) is 1.92. The van der Waals surface area contributed by atoms with Gasteiger partial charge in [0, 0.05) is 9.75 Å². The van der Waals surface area contributed by atoms with Crippen LogP contribution in [0.1, 0.15) is 120 Å². The number of esters is 4. The van der Waals surface area contributed by atoms with E-state index in [0.29, 0.717) is 40.2 Å². The predicted octanol–water partition coefficient (Wildman–Crippen LogP) is 5.62. The number of benzene rings is 1. The van der Waals surface area contributed by atoms with Gasteiger partial charge in [0.05, 0.1) is 42.0 Å². The number of rotatable bonds is 13. The van der Waals surface area contributed by atoms with Crippen LogP contribution in [0.25, 0.3) is 0 Å². The van der Waals surface area contributed by atoms with Crippen molar-refractivity contribution in [3.8, 4) is 0 Å². The molecule has 3 atom stereocenters. The molecule has 0 spiro atoms. The first-order valence-electron chi connectivity index (χ1n) is 19.0. The second-order valence-corrected chi connectivity index (χ2v) is 17.5. The maximum atomic E-state index is 13.7. The van der Waals surface area contributed by atoms with Crippen molar-refractivity contribution in [3.63, 3.8) is 0 Å². The maximum Gasteiger partial charge on any atom is 0.341 e. The summed E-state index contributed by atoms with van der Waals surface area (Å²) < 4.78 is 20.5. The van der Waals surface area contributed by atoms with E-state index in [0.717, 1.165) is 57.5 Å². The monoisotopic (exact) mass is 835 g/mol. The van der Waals surface area contributed by atoms with Crippen LogP contribution in [-0.4, -0.2) is 85.9 Å². The normalized spacial score (nSPS) is 17.5. The number of nitrogens with one attached hydrogen (secondary N) is 2. The van der Waals surface area contributed by atoms with Crippen LogP contribution in [0.4, 0.5) is 10.0 Å². The Morgan fingerprint density at radius 2 is 1.24 bits per heavy atom. The molecule has 15 nitrogen and oxygen atoms in total. The molecule has 2 aromatic heterocycles. The average Bonchev–Trinajstić information content (AvgIpc) is 3.81. The fraction of sp³-hybridized carbons (Fsp3) is 0.463. The van der Waals surface area contributed by atoms with Crippen molar-refractivity contribution in [2.24, 2.45) is 17.8 Å². The van der Waals surface area contributed by atoms with Gasteiger partial charge in [0.1, 0.15) is 16.0 Å². The number of anilines is 2. The van der Waals surface area contributed by atoms with Gasteiger partial charge in [-0.2, -0.15) is 0 Å². The lowest BCUT2D eigenvalue weighted by Crippen LogP contribution is -2.46. The fourth-order valence-electron chi connectivity index (χ4n) is 7.51. The van der Waals surface area contributed by atoms with E-state index in [1.807, 2.05) is 0 Å². The van der Waals surface area contributed by atoms with Crippen LogP contribution in [0.15, 0.2) is 18.2 Å². The van der Waals surface area contributed by atoms with Gasteiger partial charge in [-0.3, -0.25) is 24.1 Å². The van der Waals surface area contributed by atoms with Crippen molar-refractivity contribution in [1.29, 1.82) is 0 Å². The molecular weight excluding hydrogens is 791 g/mol. The largest absolute Gasteiger partial charge is 0.465 e.